The average Bonchev–Trinajstić information content (AvgIpc) is 3.15. The van der Waals surface area contributed by atoms with Crippen molar-refractivity contribution in [2.75, 3.05) is 15.9 Å². The van der Waals surface area contributed by atoms with Gasteiger partial charge in [-0.1, -0.05) is 53.4 Å². The van der Waals surface area contributed by atoms with Gasteiger partial charge in [0.15, 0.2) is 4.34 Å². The summed E-state index contributed by atoms with van der Waals surface area (Å²) in [6, 6.07) is 13.7. The molecule has 2 aromatic carbocycles. The summed E-state index contributed by atoms with van der Waals surface area (Å²) < 4.78 is 39.3. The molecule has 1 N–H and O–H groups in total. The zero-order chi connectivity index (χ0) is 21.7. The number of benzene rings is 2. The van der Waals surface area contributed by atoms with Gasteiger partial charge in [0.1, 0.15) is 11.9 Å². The molecule has 1 aromatic heterocycles. The minimum atomic E-state index is -3.79. The van der Waals surface area contributed by atoms with Crippen molar-refractivity contribution in [1.82, 2.24) is 10.2 Å². The molecule has 0 spiro atoms. The minimum absolute atomic E-state index is 0.193. The van der Waals surface area contributed by atoms with Gasteiger partial charge >= 0.3 is 0 Å². The number of rotatable bonds is 8. The Morgan fingerprint density at radius 3 is 2.47 bits per heavy atom. The van der Waals surface area contributed by atoms with Crippen molar-refractivity contribution >= 4 is 49.8 Å². The molecule has 3 aromatic rings. The first-order valence-corrected chi connectivity index (χ1v) is 12.4. The molecule has 0 fully saturated rings. The van der Waals surface area contributed by atoms with Crippen molar-refractivity contribution in [3.05, 3.63) is 66.0 Å². The van der Waals surface area contributed by atoms with Gasteiger partial charge in [0.2, 0.25) is 21.1 Å². The molecule has 30 heavy (non-hydrogen) atoms. The molecule has 1 heterocycles. The number of halogens is 1. The lowest BCUT2D eigenvalue weighted by molar-refractivity contribution is -0.116. The Bertz CT molecular complexity index is 1110. The molecule has 1 amide bonds. The summed E-state index contributed by atoms with van der Waals surface area (Å²) in [6.45, 7) is 1.45. The largest absolute Gasteiger partial charge is 0.299 e. The van der Waals surface area contributed by atoms with Crippen LogP contribution >= 0.6 is 23.1 Å². The maximum atomic E-state index is 13.2. The lowest BCUT2D eigenvalue weighted by atomic mass is 10.2. The van der Waals surface area contributed by atoms with E-state index in [1.807, 2.05) is 30.3 Å². The van der Waals surface area contributed by atoms with Gasteiger partial charge in [0.05, 0.1) is 11.9 Å². The number of nitrogens with zero attached hydrogens (tertiary/aromatic N) is 3. The second kappa shape index (κ2) is 9.54. The van der Waals surface area contributed by atoms with Crippen LogP contribution in [0.5, 0.6) is 0 Å². The van der Waals surface area contributed by atoms with Crippen molar-refractivity contribution < 1.29 is 17.6 Å². The fourth-order valence-corrected chi connectivity index (χ4v) is 5.53. The number of hydrogen-bond donors (Lipinski definition) is 1. The van der Waals surface area contributed by atoms with Gasteiger partial charge in [-0.15, -0.1) is 10.2 Å². The Morgan fingerprint density at radius 2 is 1.83 bits per heavy atom. The number of carbonyl (C=O) groups is 1. The molecular formula is C19H19FN4O3S3. The number of carbonyl (C=O) groups excluding carboxylic acids is 1. The zero-order valence-corrected chi connectivity index (χ0v) is 18.6. The molecule has 3 rings (SSSR count). The maximum Gasteiger partial charge on any atom is 0.249 e. The highest BCUT2D eigenvalue weighted by atomic mass is 32.2. The van der Waals surface area contributed by atoms with Crippen LogP contribution in [0, 0.1) is 5.82 Å². The normalized spacial score (nSPS) is 12.4. The Kier molecular flexibility index (Phi) is 7.06. The first-order valence-electron chi connectivity index (χ1n) is 8.80. The third kappa shape index (κ3) is 5.77. The molecule has 158 valence electrons. The molecular weight excluding hydrogens is 447 g/mol. The smallest absolute Gasteiger partial charge is 0.249 e. The predicted molar refractivity (Wildman–Crippen MR) is 118 cm³/mol. The van der Waals surface area contributed by atoms with Crippen LogP contribution in [0.3, 0.4) is 0 Å². The highest BCUT2D eigenvalue weighted by Gasteiger charge is 2.29. The van der Waals surface area contributed by atoms with Gasteiger partial charge in [0, 0.05) is 5.75 Å². The summed E-state index contributed by atoms with van der Waals surface area (Å²) in [6.07, 6.45) is 0.989. The van der Waals surface area contributed by atoms with Crippen molar-refractivity contribution in [3.8, 4) is 0 Å². The van der Waals surface area contributed by atoms with E-state index in [1.54, 1.807) is 0 Å². The van der Waals surface area contributed by atoms with Gasteiger partial charge < -0.3 is 0 Å². The fourth-order valence-electron chi connectivity index (χ4n) is 2.64. The van der Waals surface area contributed by atoms with E-state index in [1.165, 1.54) is 42.2 Å². The lowest BCUT2D eigenvalue weighted by Gasteiger charge is -2.27. The van der Waals surface area contributed by atoms with Crippen molar-refractivity contribution in [2.24, 2.45) is 0 Å². The highest BCUT2D eigenvalue weighted by molar-refractivity contribution is 8.00. The van der Waals surface area contributed by atoms with Gasteiger partial charge in [-0.05, 0) is 36.8 Å². The van der Waals surface area contributed by atoms with Gasteiger partial charge in [-0.25, -0.2) is 12.8 Å². The number of aromatic nitrogens is 2. The van der Waals surface area contributed by atoms with E-state index in [-0.39, 0.29) is 10.8 Å². The van der Waals surface area contributed by atoms with E-state index >= 15 is 0 Å². The molecule has 0 unspecified atom stereocenters. The monoisotopic (exact) mass is 466 g/mol. The van der Waals surface area contributed by atoms with Gasteiger partial charge in [-0.3, -0.25) is 14.4 Å². The molecule has 11 heteroatoms. The summed E-state index contributed by atoms with van der Waals surface area (Å²) in [7, 11) is -3.79. The topological polar surface area (TPSA) is 92.3 Å². The van der Waals surface area contributed by atoms with E-state index in [0.717, 1.165) is 28.3 Å². The maximum absolute atomic E-state index is 13.2. The number of anilines is 2. The molecule has 1 atom stereocenters. The Morgan fingerprint density at radius 1 is 1.17 bits per heavy atom. The Hall–Kier alpha value is -2.50. The zero-order valence-electron chi connectivity index (χ0n) is 16.1. The summed E-state index contributed by atoms with van der Waals surface area (Å²) in [5.74, 6) is -0.356. The Balaban J connectivity index is 1.68. The van der Waals surface area contributed by atoms with Crippen molar-refractivity contribution in [1.29, 1.82) is 0 Å². The molecule has 0 aliphatic heterocycles. The summed E-state index contributed by atoms with van der Waals surface area (Å²) in [5, 5.41) is 10.9. The first kappa shape index (κ1) is 22.2. The number of thioether (sulfide) groups is 1. The van der Waals surface area contributed by atoms with E-state index in [0.29, 0.717) is 10.1 Å². The number of nitrogens with one attached hydrogen (secondary N) is 1. The minimum Gasteiger partial charge on any atom is -0.299 e. The molecule has 0 radical (unpaired) electrons. The van der Waals surface area contributed by atoms with Gasteiger partial charge in [0.25, 0.3) is 0 Å². The molecule has 7 nitrogen and oxygen atoms in total. The SMILES string of the molecule is C[C@H](C(=O)Nc1nnc(SCc2ccccc2)s1)N(c1ccc(F)cc1)S(C)(=O)=O. The standard InChI is InChI=1S/C19H19FN4O3S3/c1-13(24(30(2,26)27)16-10-8-15(20)9-11-16)17(25)21-18-22-23-19(29-18)28-12-14-6-4-3-5-7-14/h3-11,13H,12H2,1-2H3,(H,21,22,25)/t13-/m1/s1. The van der Waals surface area contributed by atoms with Crippen molar-refractivity contribution in [3.63, 3.8) is 0 Å². The van der Waals surface area contributed by atoms with Crippen LogP contribution < -0.4 is 9.62 Å². The van der Waals surface area contributed by atoms with Crippen LogP contribution in [0.25, 0.3) is 0 Å². The van der Waals surface area contributed by atoms with Crippen LogP contribution in [0.2, 0.25) is 0 Å². The average molecular weight is 467 g/mol. The molecule has 0 aliphatic rings. The number of hydrogen-bond acceptors (Lipinski definition) is 7. The lowest BCUT2D eigenvalue weighted by Crippen LogP contribution is -2.45. The third-order valence-corrected chi connectivity index (χ3v) is 7.30. The van der Waals surface area contributed by atoms with E-state index in [2.05, 4.69) is 15.5 Å². The number of amides is 1. The van der Waals surface area contributed by atoms with Crippen LogP contribution in [0.4, 0.5) is 15.2 Å². The van der Waals surface area contributed by atoms with Crippen molar-refractivity contribution in [2.45, 2.75) is 23.1 Å². The van der Waals surface area contributed by atoms with Crippen LogP contribution in [0.15, 0.2) is 58.9 Å². The van der Waals surface area contributed by atoms with Crippen LogP contribution in [-0.4, -0.2) is 36.8 Å². The van der Waals surface area contributed by atoms with E-state index < -0.39 is 27.8 Å². The first-order chi connectivity index (χ1) is 14.2. The second-order valence-corrected chi connectivity index (χ2v) is 10.4. The number of sulfonamides is 1. The van der Waals surface area contributed by atoms with E-state index in [4.69, 9.17) is 0 Å². The fraction of sp³-hybridized carbons (Fsp3) is 0.211. The molecule has 0 aliphatic carbocycles. The van der Waals surface area contributed by atoms with Crippen LogP contribution in [-0.2, 0) is 20.6 Å². The summed E-state index contributed by atoms with van der Waals surface area (Å²) >= 11 is 2.70. The third-order valence-electron chi connectivity index (χ3n) is 4.01. The quantitative estimate of drug-likeness (QED) is 0.401. The van der Waals surface area contributed by atoms with Gasteiger partial charge in [-0.2, -0.15) is 0 Å². The molecule has 0 saturated carbocycles. The predicted octanol–water partition coefficient (Wildman–Crippen LogP) is 3.76. The molecule has 0 bridgehead atoms. The van der Waals surface area contributed by atoms with Crippen LogP contribution in [0.1, 0.15) is 12.5 Å². The summed E-state index contributed by atoms with van der Waals surface area (Å²) in [5.41, 5.74) is 1.33. The summed E-state index contributed by atoms with van der Waals surface area (Å²) in [4.78, 5) is 12.7. The second-order valence-electron chi connectivity index (χ2n) is 6.35. The highest BCUT2D eigenvalue weighted by Crippen LogP contribution is 2.29. The van der Waals surface area contributed by atoms with E-state index in [9.17, 15) is 17.6 Å². The molecule has 0 saturated heterocycles. The Labute approximate surface area is 182 Å².